The molecule has 0 aliphatic heterocycles. The molecule has 4 nitrogen and oxygen atoms in total. The van der Waals surface area contributed by atoms with Crippen molar-refractivity contribution in [3.8, 4) is 0 Å². The van der Waals surface area contributed by atoms with Crippen LogP contribution in [0.25, 0.3) is 0 Å². The molecule has 96 valence electrons. The Morgan fingerprint density at radius 1 is 1.50 bits per heavy atom. The Bertz CT molecular complexity index is 541. The van der Waals surface area contributed by atoms with Gasteiger partial charge in [-0.1, -0.05) is 33.6 Å². The van der Waals surface area contributed by atoms with Gasteiger partial charge in [0.1, 0.15) is 12.2 Å². The molecule has 0 aliphatic rings. The topological polar surface area (TPSA) is 42.7 Å². The number of halogens is 2. The van der Waals surface area contributed by atoms with Crippen LogP contribution in [0, 0.1) is 0 Å². The van der Waals surface area contributed by atoms with E-state index in [1.165, 1.54) is 0 Å². The van der Waals surface area contributed by atoms with Crippen LogP contribution in [-0.2, 0) is 13.6 Å². The largest absolute Gasteiger partial charge is 0.319 e. The first-order valence-corrected chi connectivity index (χ1v) is 6.76. The van der Waals surface area contributed by atoms with Gasteiger partial charge in [0.25, 0.3) is 0 Å². The second-order valence-corrected chi connectivity index (χ2v) is 5.46. The predicted molar refractivity (Wildman–Crippen MR) is 75.4 cm³/mol. The minimum Gasteiger partial charge on any atom is -0.319 e. The third kappa shape index (κ3) is 3.10. The molecular weight excluding hydrogens is 316 g/mol. The maximum Gasteiger partial charge on any atom is 0.149 e. The number of aromatic nitrogens is 3. The van der Waals surface area contributed by atoms with E-state index >= 15 is 0 Å². The summed E-state index contributed by atoms with van der Waals surface area (Å²) in [6.07, 6.45) is 1.69. The molecular formula is C12H14BrClN4. The van der Waals surface area contributed by atoms with E-state index in [0.717, 1.165) is 20.9 Å². The summed E-state index contributed by atoms with van der Waals surface area (Å²) in [6, 6.07) is 6.00. The van der Waals surface area contributed by atoms with Gasteiger partial charge in [0.05, 0.1) is 6.04 Å². The number of rotatable bonds is 4. The van der Waals surface area contributed by atoms with Gasteiger partial charge >= 0.3 is 0 Å². The minimum atomic E-state index is 0.122. The summed E-state index contributed by atoms with van der Waals surface area (Å²) in [5, 5.41) is 12.1. The van der Waals surface area contributed by atoms with E-state index in [1.807, 2.05) is 29.8 Å². The maximum absolute atomic E-state index is 6.17. The van der Waals surface area contributed by atoms with Crippen molar-refractivity contribution in [1.82, 2.24) is 20.1 Å². The van der Waals surface area contributed by atoms with E-state index in [-0.39, 0.29) is 6.04 Å². The quantitative estimate of drug-likeness (QED) is 0.937. The first kappa shape index (κ1) is 13.5. The average molecular weight is 330 g/mol. The molecule has 2 aromatic rings. The van der Waals surface area contributed by atoms with Gasteiger partial charge in [0.15, 0.2) is 0 Å². The molecule has 6 heteroatoms. The summed E-state index contributed by atoms with van der Waals surface area (Å²) in [5.41, 5.74) is 1.06. The van der Waals surface area contributed by atoms with E-state index in [4.69, 9.17) is 11.6 Å². The van der Waals surface area contributed by atoms with Gasteiger partial charge < -0.3 is 9.88 Å². The number of nitrogens with one attached hydrogen (secondary N) is 1. The fraction of sp³-hybridized carbons (Fsp3) is 0.333. The van der Waals surface area contributed by atoms with Crippen molar-refractivity contribution < 1.29 is 0 Å². The summed E-state index contributed by atoms with van der Waals surface area (Å²) in [6.45, 7) is 2.75. The Balaban J connectivity index is 2.01. The van der Waals surface area contributed by atoms with Gasteiger partial charge in [-0.25, -0.2) is 0 Å². The molecule has 1 unspecified atom stereocenters. The molecule has 0 saturated heterocycles. The number of benzene rings is 1. The van der Waals surface area contributed by atoms with E-state index in [2.05, 4.69) is 38.4 Å². The fourth-order valence-corrected chi connectivity index (χ4v) is 2.44. The molecule has 0 radical (unpaired) electrons. The lowest BCUT2D eigenvalue weighted by molar-refractivity contribution is 0.528. The van der Waals surface area contributed by atoms with E-state index in [0.29, 0.717) is 6.54 Å². The zero-order chi connectivity index (χ0) is 13.1. The van der Waals surface area contributed by atoms with Crippen LogP contribution in [0.1, 0.15) is 24.4 Å². The lowest BCUT2D eigenvalue weighted by Gasteiger charge is -2.13. The van der Waals surface area contributed by atoms with Crippen LogP contribution < -0.4 is 5.32 Å². The van der Waals surface area contributed by atoms with Gasteiger partial charge in [-0.05, 0) is 24.6 Å². The van der Waals surface area contributed by atoms with Crippen molar-refractivity contribution in [3.63, 3.8) is 0 Å². The summed E-state index contributed by atoms with van der Waals surface area (Å²) in [7, 11) is 1.93. The van der Waals surface area contributed by atoms with Crippen LogP contribution >= 0.6 is 27.5 Å². The van der Waals surface area contributed by atoms with Gasteiger partial charge in [-0.2, -0.15) is 0 Å². The summed E-state index contributed by atoms with van der Waals surface area (Å²) < 4.78 is 2.89. The highest BCUT2D eigenvalue weighted by Crippen LogP contribution is 2.21. The fourth-order valence-electron chi connectivity index (χ4n) is 1.70. The summed E-state index contributed by atoms with van der Waals surface area (Å²) in [5.74, 6) is 0.906. The number of nitrogens with zero attached hydrogens (tertiary/aromatic N) is 3. The molecule has 0 bridgehead atoms. The highest BCUT2D eigenvalue weighted by Gasteiger charge is 2.11. The van der Waals surface area contributed by atoms with Crippen molar-refractivity contribution in [1.29, 1.82) is 0 Å². The monoisotopic (exact) mass is 328 g/mol. The second kappa shape index (κ2) is 5.82. The van der Waals surface area contributed by atoms with Crippen molar-refractivity contribution in [2.45, 2.75) is 19.5 Å². The first-order chi connectivity index (χ1) is 8.58. The number of hydrogen-bond acceptors (Lipinski definition) is 3. The third-order valence-corrected chi connectivity index (χ3v) is 3.59. The van der Waals surface area contributed by atoms with E-state index in [1.54, 1.807) is 6.33 Å². The molecule has 18 heavy (non-hydrogen) atoms. The molecule has 0 aliphatic carbocycles. The molecule has 1 atom stereocenters. The summed E-state index contributed by atoms with van der Waals surface area (Å²) >= 11 is 9.56. The Kier molecular flexibility index (Phi) is 4.37. The van der Waals surface area contributed by atoms with Gasteiger partial charge in [0, 0.05) is 23.1 Å². The van der Waals surface area contributed by atoms with E-state index in [9.17, 15) is 0 Å². The number of aryl methyl sites for hydroxylation is 1. The van der Waals surface area contributed by atoms with Crippen LogP contribution in [-0.4, -0.2) is 14.8 Å². The zero-order valence-electron chi connectivity index (χ0n) is 10.2. The standard InChI is InChI=1S/C12H14BrClN4/c1-8(12-17-16-7-18(12)2)15-6-9-3-4-10(13)5-11(9)14/h3-5,7-8,15H,6H2,1-2H3. The van der Waals surface area contributed by atoms with Crippen molar-refractivity contribution in [2.75, 3.05) is 0 Å². The van der Waals surface area contributed by atoms with Gasteiger partial charge in [-0.15, -0.1) is 10.2 Å². The lowest BCUT2D eigenvalue weighted by Crippen LogP contribution is -2.21. The number of hydrogen-bond donors (Lipinski definition) is 1. The molecule has 1 aromatic carbocycles. The Morgan fingerprint density at radius 3 is 2.89 bits per heavy atom. The van der Waals surface area contributed by atoms with Crippen molar-refractivity contribution in [2.24, 2.45) is 7.05 Å². The van der Waals surface area contributed by atoms with Crippen LogP contribution in [0.15, 0.2) is 29.0 Å². The van der Waals surface area contributed by atoms with Crippen LogP contribution in [0.2, 0.25) is 5.02 Å². The van der Waals surface area contributed by atoms with Crippen molar-refractivity contribution in [3.05, 3.63) is 45.4 Å². The molecule has 1 N–H and O–H groups in total. The molecule has 0 amide bonds. The average Bonchev–Trinajstić information content (AvgIpc) is 2.74. The Hall–Kier alpha value is -0.910. The van der Waals surface area contributed by atoms with Crippen LogP contribution in [0.4, 0.5) is 0 Å². The zero-order valence-corrected chi connectivity index (χ0v) is 12.5. The van der Waals surface area contributed by atoms with Gasteiger partial charge in [0.2, 0.25) is 0 Å². The maximum atomic E-state index is 6.17. The Labute approximate surface area is 119 Å². The van der Waals surface area contributed by atoms with Crippen LogP contribution in [0.3, 0.4) is 0 Å². The van der Waals surface area contributed by atoms with E-state index < -0.39 is 0 Å². The van der Waals surface area contributed by atoms with Crippen molar-refractivity contribution >= 4 is 27.5 Å². The van der Waals surface area contributed by atoms with Gasteiger partial charge in [-0.3, -0.25) is 0 Å². The highest BCUT2D eigenvalue weighted by molar-refractivity contribution is 9.10. The first-order valence-electron chi connectivity index (χ1n) is 5.59. The molecule has 0 saturated carbocycles. The Morgan fingerprint density at radius 2 is 2.28 bits per heavy atom. The normalized spacial score (nSPS) is 12.7. The molecule has 1 heterocycles. The second-order valence-electron chi connectivity index (χ2n) is 4.14. The molecule has 1 aromatic heterocycles. The highest BCUT2D eigenvalue weighted by atomic mass is 79.9. The lowest BCUT2D eigenvalue weighted by atomic mass is 10.2. The smallest absolute Gasteiger partial charge is 0.149 e. The SMILES string of the molecule is CC(NCc1ccc(Br)cc1Cl)c1nncn1C. The molecule has 0 fully saturated rings. The van der Waals surface area contributed by atoms with Crippen LogP contribution in [0.5, 0.6) is 0 Å². The predicted octanol–water partition coefficient (Wildman–Crippen LogP) is 3.08. The minimum absolute atomic E-state index is 0.122. The summed E-state index contributed by atoms with van der Waals surface area (Å²) in [4.78, 5) is 0. The molecule has 2 rings (SSSR count). The third-order valence-electron chi connectivity index (χ3n) is 2.75. The molecule has 0 spiro atoms.